The third kappa shape index (κ3) is 5.61. The molecule has 1 atom stereocenters. The van der Waals surface area contributed by atoms with Gasteiger partial charge in [0, 0.05) is 0 Å². The summed E-state index contributed by atoms with van der Waals surface area (Å²) in [5, 5.41) is 2.77. The van der Waals surface area contributed by atoms with Gasteiger partial charge in [0.1, 0.15) is 17.6 Å². The average molecular weight is 443 g/mol. The Morgan fingerprint density at radius 1 is 1.00 bits per heavy atom. The fraction of sp³-hybridized carbons (Fsp3) is 0.174. The predicted molar refractivity (Wildman–Crippen MR) is 119 cm³/mol. The Kier molecular flexibility index (Phi) is 6.91. The number of amides is 1. The lowest BCUT2D eigenvalue weighted by Gasteiger charge is -2.30. The normalized spacial score (nSPS) is 12.1. The van der Waals surface area contributed by atoms with E-state index < -0.39 is 27.8 Å². The number of ether oxygens (including phenoxy) is 1. The Hall–Kier alpha value is -3.39. The number of anilines is 2. The summed E-state index contributed by atoms with van der Waals surface area (Å²) in [7, 11) is -3.82. The summed E-state index contributed by atoms with van der Waals surface area (Å²) in [5.74, 6) is -0.00652. The molecule has 8 heteroatoms. The highest BCUT2D eigenvalue weighted by molar-refractivity contribution is 7.92. The van der Waals surface area contributed by atoms with Crippen molar-refractivity contribution in [3.05, 3.63) is 84.7 Å². The minimum Gasteiger partial charge on any atom is -0.455 e. The van der Waals surface area contributed by atoms with Crippen LogP contribution in [0, 0.1) is 5.82 Å². The van der Waals surface area contributed by atoms with Crippen molar-refractivity contribution < 1.29 is 22.3 Å². The number of benzene rings is 3. The molecule has 0 saturated carbocycles. The molecule has 6 nitrogen and oxygen atoms in total. The molecule has 0 bridgehead atoms. The molecule has 3 aromatic rings. The maximum absolute atomic E-state index is 13.3. The summed E-state index contributed by atoms with van der Waals surface area (Å²) < 4.78 is 45.2. The highest BCUT2D eigenvalue weighted by Crippen LogP contribution is 2.30. The molecule has 0 saturated heterocycles. The van der Waals surface area contributed by atoms with Gasteiger partial charge in [-0.3, -0.25) is 9.10 Å². The van der Waals surface area contributed by atoms with E-state index >= 15 is 0 Å². The maximum Gasteiger partial charge on any atom is 0.248 e. The van der Waals surface area contributed by atoms with Crippen LogP contribution >= 0.6 is 0 Å². The molecule has 0 aliphatic heterocycles. The summed E-state index contributed by atoms with van der Waals surface area (Å²) in [4.78, 5) is 13.1. The Morgan fingerprint density at radius 3 is 2.23 bits per heavy atom. The summed E-state index contributed by atoms with van der Waals surface area (Å²) in [6.07, 6.45) is 1.22. The molecule has 0 aliphatic rings. The predicted octanol–water partition coefficient (Wildman–Crippen LogP) is 4.80. The van der Waals surface area contributed by atoms with Gasteiger partial charge < -0.3 is 10.1 Å². The number of nitrogens with one attached hydrogen (secondary N) is 1. The minimum atomic E-state index is -3.82. The molecule has 0 spiro atoms. The number of hydrogen-bond donors (Lipinski definition) is 1. The van der Waals surface area contributed by atoms with Gasteiger partial charge in [-0.1, -0.05) is 37.3 Å². The van der Waals surface area contributed by atoms with Crippen LogP contribution in [0.15, 0.2) is 78.9 Å². The van der Waals surface area contributed by atoms with Crippen LogP contribution in [0.25, 0.3) is 0 Å². The van der Waals surface area contributed by atoms with Crippen LogP contribution in [0.4, 0.5) is 15.8 Å². The summed E-state index contributed by atoms with van der Waals surface area (Å²) in [6.45, 7) is 1.71. The summed E-state index contributed by atoms with van der Waals surface area (Å²) in [5.41, 5.74) is 0.613. The molecule has 0 heterocycles. The molecule has 3 aromatic carbocycles. The zero-order valence-corrected chi connectivity index (χ0v) is 18.0. The van der Waals surface area contributed by atoms with Crippen LogP contribution < -0.4 is 14.4 Å². The maximum atomic E-state index is 13.3. The van der Waals surface area contributed by atoms with E-state index in [1.165, 1.54) is 12.1 Å². The van der Waals surface area contributed by atoms with E-state index in [0.29, 0.717) is 17.2 Å². The van der Waals surface area contributed by atoms with E-state index in [1.807, 2.05) is 18.2 Å². The molecule has 0 aliphatic carbocycles. The van der Waals surface area contributed by atoms with Gasteiger partial charge in [0.2, 0.25) is 15.9 Å². The van der Waals surface area contributed by atoms with Crippen molar-refractivity contribution in [1.82, 2.24) is 0 Å². The lowest BCUT2D eigenvalue weighted by atomic mass is 10.1. The van der Waals surface area contributed by atoms with E-state index in [1.54, 1.807) is 43.3 Å². The first-order chi connectivity index (χ1) is 14.8. The van der Waals surface area contributed by atoms with Gasteiger partial charge >= 0.3 is 0 Å². The van der Waals surface area contributed by atoms with Gasteiger partial charge in [-0.05, 0) is 55.0 Å². The van der Waals surface area contributed by atoms with Crippen LogP contribution in [0.1, 0.15) is 13.3 Å². The lowest BCUT2D eigenvalue weighted by Crippen LogP contribution is -2.47. The van der Waals surface area contributed by atoms with Crippen molar-refractivity contribution in [2.75, 3.05) is 15.9 Å². The Balaban J connectivity index is 1.89. The zero-order chi connectivity index (χ0) is 22.4. The second-order valence-electron chi connectivity index (χ2n) is 6.86. The van der Waals surface area contributed by atoms with E-state index in [9.17, 15) is 17.6 Å². The van der Waals surface area contributed by atoms with E-state index in [-0.39, 0.29) is 12.1 Å². The van der Waals surface area contributed by atoms with Crippen LogP contribution in [-0.2, 0) is 14.8 Å². The quantitative estimate of drug-likeness (QED) is 0.544. The second-order valence-corrected chi connectivity index (χ2v) is 8.72. The molecule has 0 radical (unpaired) electrons. The van der Waals surface area contributed by atoms with Crippen molar-refractivity contribution in [2.45, 2.75) is 19.4 Å². The van der Waals surface area contributed by atoms with E-state index in [0.717, 1.165) is 22.7 Å². The Labute approximate surface area is 181 Å². The van der Waals surface area contributed by atoms with Gasteiger partial charge in [0.15, 0.2) is 5.75 Å². The highest BCUT2D eigenvalue weighted by atomic mass is 32.2. The van der Waals surface area contributed by atoms with Crippen LogP contribution in [-0.4, -0.2) is 26.6 Å². The topological polar surface area (TPSA) is 75.7 Å². The van der Waals surface area contributed by atoms with E-state index in [4.69, 9.17) is 4.74 Å². The number of hydrogen-bond acceptors (Lipinski definition) is 4. The minimum absolute atomic E-state index is 0.206. The van der Waals surface area contributed by atoms with Crippen LogP contribution in [0.5, 0.6) is 11.5 Å². The van der Waals surface area contributed by atoms with Crippen molar-refractivity contribution >= 4 is 27.3 Å². The molecule has 31 heavy (non-hydrogen) atoms. The molecular weight excluding hydrogens is 419 g/mol. The van der Waals surface area contributed by atoms with Crippen molar-refractivity contribution in [2.24, 2.45) is 0 Å². The third-order valence-electron chi connectivity index (χ3n) is 4.53. The zero-order valence-electron chi connectivity index (χ0n) is 17.2. The van der Waals surface area contributed by atoms with Gasteiger partial charge in [0.25, 0.3) is 0 Å². The molecule has 0 fully saturated rings. The highest BCUT2D eigenvalue weighted by Gasteiger charge is 2.32. The number of rotatable bonds is 8. The fourth-order valence-electron chi connectivity index (χ4n) is 3.14. The molecule has 162 valence electrons. The number of halogens is 1. The first kappa shape index (κ1) is 22.3. The van der Waals surface area contributed by atoms with Crippen molar-refractivity contribution in [1.29, 1.82) is 0 Å². The molecule has 1 amide bonds. The van der Waals surface area contributed by atoms with Gasteiger partial charge in [-0.2, -0.15) is 0 Å². The van der Waals surface area contributed by atoms with Gasteiger partial charge in [-0.15, -0.1) is 0 Å². The number of sulfonamides is 1. The SMILES string of the molecule is CC[C@H](C(=O)Nc1ccccc1Oc1ccccc1)N(c1ccc(F)cc1)S(C)(=O)=O. The number of carbonyl (C=O) groups is 1. The van der Waals surface area contributed by atoms with Crippen molar-refractivity contribution in [3.8, 4) is 11.5 Å². The standard InChI is InChI=1S/C23H23FN2O4S/c1-3-21(26(31(2,28)29)18-15-13-17(24)14-16-18)23(27)25-20-11-7-8-12-22(20)30-19-9-5-4-6-10-19/h4-16,21H,3H2,1-2H3,(H,25,27)/t21-/m1/s1. The largest absolute Gasteiger partial charge is 0.455 e. The molecule has 3 rings (SSSR count). The Bertz CT molecular complexity index is 1140. The molecule has 0 aromatic heterocycles. The Morgan fingerprint density at radius 2 is 1.61 bits per heavy atom. The monoisotopic (exact) mass is 442 g/mol. The lowest BCUT2D eigenvalue weighted by molar-refractivity contribution is -0.117. The first-order valence-corrected chi connectivity index (χ1v) is 11.5. The third-order valence-corrected chi connectivity index (χ3v) is 5.71. The number of nitrogens with zero attached hydrogens (tertiary/aromatic N) is 1. The van der Waals surface area contributed by atoms with Crippen molar-refractivity contribution in [3.63, 3.8) is 0 Å². The second kappa shape index (κ2) is 9.61. The smallest absolute Gasteiger partial charge is 0.248 e. The molecular formula is C23H23FN2O4S. The summed E-state index contributed by atoms with van der Waals surface area (Å²) in [6, 6.07) is 19.9. The van der Waals surface area contributed by atoms with Crippen LogP contribution in [0.3, 0.4) is 0 Å². The van der Waals surface area contributed by atoms with Crippen LogP contribution in [0.2, 0.25) is 0 Å². The van der Waals surface area contributed by atoms with Gasteiger partial charge in [0.05, 0.1) is 17.6 Å². The first-order valence-electron chi connectivity index (χ1n) is 9.67. The molecule has 1 N–H and O–H groups in total. The molecule has 0 unspecified atom stereocenters. The van der Waals surface area contributed by atoms with E-state index in [2.05, 4.69) is 5.32 Å². The fourth-order valence-corrected chi connectivity index (χ4v) is 4.35. The average Bonchev–Trinajstić information content (AvgIpc) is 2.74. The summed E-state index contributed by atoms with van der Waals surface area (Å²) >= 11 is 0. The van der Waals surface area contributed by atoms with Gasteiger partial charge in [-0.25, -0.2) is 12.8 Å². The number of carbonyl (C=O) groups excluding carboxylic acids is 1. The number of para-hydroxylation sites is 3.